The van der Waals surface area contributed by atoms with Crippen molar-refractivity contribution in [1.82, 2.24) is 25.8 Å². The largest absolute Gasteiger partial charge is 1.00 e. The van der Waals surface area contributed by atoms with Gasteiger partial charge in [-0.25, -0.2) is 11.1 Å². The number of hydrogen-bond donors (Lipinski definition) is 3. The second-order valence-corrected chi connectivity index (χ2v) is 12.6. The van der Waals surface area contributed by atoms with E-state index in [1.54, 1.807) is 19.3 Å². The van der Waals surface area contributed by atoms with Crippen LogP contribution in [0.2, 0.25) is 10.0 Å². The normalized spacial score (nSPS) is 13.6. The van der Waals surface area contributed by atoms with E-state index >= 15 is 0 Å². The molecular formula is C36H45Cl2KN5O5-. The molecule has 0 spiro atoms. The van der Waals surface area contributed by atoms with Crippen LogP contribution in [0.25, 0.3) is 10.9 Å². The van der Waals surface area contributed by atoms with Gasteiger partial charge in [0.05, 0.1) is 16.4 Å². The minimum atomic E-state index is -0.645. The van der Waals surface area contributed by atoms with Gasteiger partial charge in [-0.1, -0.05) is 119 Å². The Labute approximate surface area is 341 Å². The van der Waals surface area contributed by atoms with Crippen LogP contribution in [0.5, 0.6) is 0 Å². The summed E-state index contributed by atoms with van der Waals surface area (Å²) in [6, 6.07) is 12.0. The van der Waals surface area contributed by atoms with E-state index in [9.17, 15) is 14.4 Å². The number of hydrogen-bond acceptors (Lipinski definition) is 7. The Morgan fingerprint density at radius 3 is 2.39 bits per heavy atom. The maximum Gasteiger partial charge on any atom is 1.00 e. The number of amides is 2. The van der Waals surface area contributed by atoms with E-state index in [1.807, 2.05) is 36.4 Å². The average Bonchev–Trinajstić information content (AvgIpc) is 3.69. The number of unbranched alkanes of at least 4 members (excludes halogenated alkanes) is 1. The van der Waals surface area contributed by atoms with Crippen LogP contribution >= 0.6 is 23.2 Å². The maximum absolute atomic E-state index is 13.1. The molecule has 0 bridgehead atoms. The zero-order valence-electron chi connectivity index (χ0n) is 29.4. The first-order valence-electron chi connectivity index (χ1n) is 16.3. The van der Waals surface area contributed by atoms with Crippen molar-refractivity contribution in [1.29, 1.82) is 0 Å². The van der Waals surface area contributed by atoms with Crippen molar-refractivity contribution in [3.8, 4) is 0 Å². The van der Waals surface area contributed by atoms with Crippen LogP contribution in [0.4, 0.5) is 4.79 Å². The molecule has 260 valence electrons. The van der Waals surface area contributed by atoms with Crippen molar-refractivity contribution in [3.05, 3.63) is 87.0 Å². The summed E-state index contributed by atoms with van der Waals surface area (Å²) in [5.41, 5.74) is 3.98. The standard InChI is InChI=1S/C21H23Cl2N4O2.C11H12NO3.C4H10.K/c1-4-10(2)18(21-24-11(3)27-29-21)26-20(28)12-5-6-17-14(7-12)15-8-13(22)9-16(23)19(15)25-17;1-9(7-13)12-11(14)15-8-10-5-3-2-4-6-10;1-3-4-2;/h8-10,18,25H,4-7H2,1-3H3,(H,26,28);2-6,9H,8H2,1H3,(H,12,14);3-4H2,1-2H3;/q2*-1;;+1/t10?,18-;;;/m0.../s1. The molecule has 49 heavy (non-hydrogen) atoms. The molecule has 5 rings (SSSR count). The molecule has 2 aromatic heterocycles. The number of ether oxygens (including phenoxy) is 1. The van der Waals surface area contributed by atoms with Crippen molar-refractivity contribution in [2.24, 2.45) is 5.92 Å². The molecule has 0 radical (unpaired) electrons. The predicted octanol–water partition coefficient (Wildman–Crippen LogP) is 5.35. The Bertz CT molecular complexity index is 1630. The topological polar surface area (TPSA) is 139 Å². The fourth-order valence-electron chi connectivity index (χ4n) is 4.85. The quantitative estimate of drug-likeness (QED) is 0.147. The van der Waals surface area contributed by atoms with Gasteiger partial charge in [0.25, 0.3) is 0 Å². The summed E-state index contributed by atoms with van der Waals surface area (Å²) in [5, 5.41) is 11.5. The second-order valence-electron chi connectivity index (χ2n) is 11.7. The third kappa shape index (κ3) is 13.0. The molecule has 2 aromatic carbocycles. The van der Waals surface area contributed by atoms with Crippen molar-refractivity contribution in [2.45, 2.75) is 98.8 Å². The number of aromatic nitrogens is 3. The number of aromatic amines is 1. The van der Waals surface area contributed by atoms with Gasteiger partial charge in [0.2, 0.25) is 5.89 Å². The number of fused-ring (bicyclic) bond motifs is 3. The van der Waals surface area contributed by atoms with Crippen molar-refractivity contribution in [2.75, 3.05) is 0 Å². The van der Waals surface area contributed by atoms with Crippen molar-refractivity contribution in [3.63, 3.8) is 0 Å². The summed E-state index contributed by atoms with van der Waals surface area (Å²) in [5.74, 6) is 1.94. The molecule has 0 fully saturated rings. The van der Waals surface area contributed by atoms with Crippen LogP contribution in [-0.4, -0.2) is 39.5 Å². The monoisotopic (exact) mass is 736 g/mol. The molecule has 3 atom stereocenters. The third-order valence-corrected chi connectivity index (χ3v) is 8.46. The Morgan fingerprint density at radius 2 is 1.80 bits per heavy atom. The van der Waals surface area contributed by atoms with Crippen LogP contribution < -0.4 is 62.0 Å². The van der Waals surface area contributed by atoms with Crippen LogP contribution in [-0.2, 0) is 33.8 Å². The molecule has 0 aliphatic heterocycles. The number of rotatable bonds is 10. The number of benzene rings is 2. The summed E-state index contributed by atoms with van der Waals surface area (Å²) < 4.78 is 10.2. The van der Waals surface area contributed by atoms with Gasteiger partial charge in [0.1, 0.15) is 12.6 Å². The fraction of sp³-hybridized carbons (Fsp3) is 0.444. The molecule has 0 saturated heterocycles. The summed E-state index contributed by atoms with van der Waals surface area (Å²) >= 11 is 12.5. The summed E-state index contributed by atoms with van der Waals surface area (Å²) in [7, 11) is 0. The van der Waals surface area contributed by atoms with Crippen molar-refractivity contribution >= 4 is 52.4 Å². The van der Waals surface area contributed by atoms with Gasteiger partial charge >= 0.3 is 57.5 Å². The Hall–Kier alpha value is -2.38. The van der Waals surface area contributed by atoms with Crippen LogP contribution in [0.15, 0.2) is 47.0 Å². The first kappa shape index (κ1) is 42.8. The van der Waals surface area contributed by atoms with Gasteiger partial charge in [0.15, 0.2) is 5.82 Å². The molecule has 2 unspecified atom stereocenters. The molecule has 3 N–H and O–H groups in total. The summed E-state index contributed by atoms with van der Waals surface area (Å²) in [6.45, 7) is 12.0. The third-order valence-electron chi connectivity index (χ3n) is 7.94. The molecular weight excluding hydrogens is 692 g/mol. The number of alkyl carbamates (subject to hydrolysis) is 1. The number of H-pyrrole nitrogens is 1. The van der Waals surface area contributed by atoms with Gasteiger partial charge in [0, 0.05) is 16.1 Å². The minimum Gasteiger partial charge on any atom is -0.540 e. The fourth-order valence-corrected chi connectivity index (χ4v) is 5.39. The average molecular weight is 738 g/mol. The second kappa shape index (κ2) is 21.7. The van der Waals surface area contributed by atoms with Crippen LogP contribution in [0, 0.1) is 18.8 Å². The van der Waals surface area contributed by atoms with Gasteiger partial charge < -0.3 is 34.5 Å². The van der Waals surface area contributed by atoms with E-state index in [4.69, 9.17) is 32.5 Å². The number of halogens is 2. The molecule has 1 aliphatic rings. The Kier molecular flexibility index (Phi) is 19.0. The van der Waals surface area contributed by atoms with Gasteiger partial charge in [-0.05, 0) is 42.5 Å². The van der Waals surface area contributed by atoms with E-state index in [0.717, 1.165) is 46.5 Å². The number of nitrogens with zero attached hydrogens (tertiary/aromatic N) is 2. The van der Waals surface area contributed by atoms with E-state index in [0.29, 0.717) is 34.6 Å². The first-order chi connectivity index (χ1) is 23.0. The Morgan fingerprint density at radius 1 is 1.10 bits per heavy atom. The summed E-state index contributed by atoms with van der Waals surface area (Å²) in [4.78, 5) is 42.0. The minimum absolute atomic E-state index is 0. The molecule has 1 aliphatic carbocycles. The van der Waals surface area contributed by atoms with E-state index in [2.05, 4.69) is 53.5 Å². The number of carbonyl (C=O) groups is 2. The molecule has 0 saturated carbocycles. The molecule has 13 heteroatoms. The zero-order chi connectivity index (χ0) is 35.2. The van der Waals surface area contributed by atoms with Crippen LogP contribution in [0.1, 0.15) is 94.9 Å². The molecule has 4 aromatic rings. The van der Waals surface area contributed by atoms with E-state index in [1.165, 1.54) is 19.8 Å². The van der Waals surface area contributed by atoms with E-state index in [-0.39, 0.29) is 75.9 Å². The molecule has 2 amide bonds. The van der Waals surface area contributed by atoms with Gasteiger partial charge in [-0.15, -0.1) is 6.42 Å². The predicted molar refractivity (Wildman–Crippen MR) is 188 cm³/mol. The molecule has 2 heterocycles. The van der Waals surface area contributed by atoms with E-state index < -0.39 is 12.1 Å². The smallest absolute Gasteiger partial charge is 0.540 e. The first-order valence-corrected chi connectivity index (χ1v) is 17.1. The number of carbonyl (C=O) groups excluding carboxylic acids is 3. The van der Waals surface area contributed by atoms with Crippen molar-refractivity contribution < 1.29 is 75.0 Å². The van der Waals surface area contributed by atoms with Gasteiger partial charge in [-0.2, -0.15) is 11.4 Å². The maximum atomic E-state index is 13.1. The zero-order valence-corrected chi connectivity index (χ0v) is 34.0. The van der Waals surface area contributed by atoms with Crippen LogP contribution in [0.3, 0.4) is 0 Å². The number of nitrogens with one attached hydrogen (secondary N) is 3. The Balaban J connectivity index is 0.000000351. The SMILES string of the molecule is CC([C-]=O)NC(=O)OCc1ccccc1.CCC(C)[C@H](NC(=O)[C-]1CCc2[nH]c3c(Cl)cc(Cl)cc3c2C1)c1nc(C)no1.CCCC.[K+]. The van der Waals surface area contributed by atoms with Gasteiger partial charge in [-0.3, -0.25) is 5.92 Å². The summed E-state index contributed by atoms with van der Waals surface area (Å²) in [6.07, 6.45) is 6.54. The number of aryl methyl sites for hydroxylation is 2. The molecule has 10 nitrogen and oxygen atoms in total.